The lowest BCUT2D eigenvalue weighted by Crippen LogP contribution is -2.11. The number of nitrogens with zero attached hydrogens (tertiary/aromatic N) is 1. The van der Waals surface area contributed by atoms with Crippen molar-refractivity contribution in [3.8, 4) is 17.1 Å². The van der Waals surface area contributed by atoms with E-state index in [2.05, 4.69) is 5.32 Å². The first kappa shape index (κ1) is 18.5. The maximum absolute atomic E-state index is 12.5. The van der Waals surface area contributed by atoms with Gasteiger partial charge in [0.05, 0.1) is 5.39 Å². The van der Waals surface area contributed by atoms with E-state index in [0.29, 0.717) is 23.3 Å². The summed E-state index contributed by atoms with van der Waals surface area (Å²) in [5, 5.41) is 13.4. The molecule has 0 radical (unpaired) electrons. The van der Waals surface area contributed by atoms with Crippen LogP contribution in [-0.2, 0) is 4.79 Å². The van der Waals surface area contributed by atoms with Gasteiger partial charge in [0, 0.05) is 43.5 Å². The average Bonchev–Trinajstić information content (AvgIpc) is 2.65. The lowest BCUT2D eigenvalue weighted by atomic mass is 10.1. The molecule has 0 aliphatic carbocycles. The fraction of sp³-hybridized carbons (Fsp3) is 0.238. The zero-order chi connectivity index (χ0) is 19.6. The number of carbonyl (C=O) groups excluding carboxylic acids is 1. The quantitative estimate of drug-likeness (QED) is 0.714. The highest BCUT2D eigenvalue weighted by atomic mass is 16.4. The van der Waals surface area contributed by atoms with Gasteiger partial charge in [0.2, 0.25) is 17.1 Å². The molecule has 0 saturated carbocycles. The predicted molar refractivity (Wildman–Crippen MR) is 107 cm³/mol. The van der Waals surface area contributed by atoms with Crippen LogP contribution in [-0.4, -0.2) is 25.1 Å². The summed E-state index contributed by atoms with van der Waals surface area (Å²) in [5.41, 5.74) is 1.93. The normalized spacial score (nSPS) is 10.8. The molecule has 1 amide bonds. The SMILES string of the molecule is CCCC(=O)Nc1ccc2c(=O)c(O)c(-c3ccc(N(C)C)cc3)oc2c1. The maximum atomic E-state index is 12.5. The van der Waals surface area contributed by atoms with Gasteiger partial charge in [-0.3, -0.25) is 9.59 Å². The zero-order valence-electron chi connectivity index (χ0n) is 15.6. The molecule has 0 fully saturated rings. The van der Waals surface area contributed by atoms with Crippen molar-refractivity contribution in [2.24, 2.45) is 0 Å². The number of hydrogen-bond donors (Lipinski definition) is 2. The molecule has 0 saturated heterocycles. The minimum absolute atomic E-state index is 0.0996. The van der Waals surface area contributed by atoms with E-state index in [9.17, 15) is 14.7 Å². The van der Waals surface area contributed by atoms with Crippen molar-refractivity contribution >= 4 is 28.3 Å². The zero-order valence-corrected chi connectivity index (χ0v) is 15.6. The summed E-state index contributed by atoms with van der Waals surface area (Å²) in [4.78, 5) is 26.3. The first-order chi connectivity index (χ1) is 12.9. The van der Waals surface area contributed by atoms with Gasteiger partial charge in [-0.1, -0.05) is 6.92 Å². The molecule has 1 aromatic heterocycles. The van der Waals surface area contributed by atoms with Crippen LogP contribution in [0.5, 0.6) is 5.75 Å². The molecule has 6 heteroatoms. The third-order valence-electron chi connectivity index (χ3n) is 4.28. The fourth-order valence-electron chi connectivity index (χ4n) is 2.82. The van der Waals surface area contributed by atoms with Gasteiger partial charge >= 0.3 is 0 Å². The first-order valence-corrected chi connectivity index (χ1v) is 8.78. The molecule has 6 nitrogen and oxygen atoms in total. The Kier molecular flexibility index (Phi) is 5.16. The van der Waals surface area contributed by atoms with Crippen LogP contribution >= 0.6 is 0 Å². The molecular formula is C21H22N2O4. The molecule has 2 N–H and O–H groups in total. The number of rotatable bonds is 5. The topological polar surface area (TPSA) is 82.8 Å². The van der Waals surface area contributed by atoms with E-state index in [1.54, 1.807) is 30.3 Å². The average molecular weight is 366 g/mol. The third kappa shape index (κ3) is 3.79. The summed E-state index contributed by atoms with van der Waals surface area (Å²) in [6.07, 6.45) is 1.16. The van der Waals surface area contributed by atoms with Crippen LogP contribution in [0.4, 0.5) is 11.4 Å². The Labute approximate surface area is 157 Å². The minimum Gasteiger partial charge on any atom is -0.502 e. The largest absolute Gasteiger partial charge is 0.502 e. The lowest BCUT2D eigenvalue weighted by molar-refractivity contribution is -0.116. The predicted octanol–water partition coefficient (Wildman–Crippen LogP) is 3.97. The number of amides is 1. The van der Waals surface area contributed by atoms with Crippen molar-refractivity contribution in [1.29, 1.82) is 0 Å². The van der Waals surface area contributed by atoms with Gasteiger partial charge in [-0.25, -0.2) is 0 Å². The van der Waals surface area contributed by atoms with E-state index in [1.807, 2.05) is 38.1 Å². The third-order valence-corrected chi connectivity index (χ3v) is 4.28. The molecule has 0 atom stereocenters. The van der Waals surface area contributed by atoms with Gasteiger partial charge in [-0.15, -0.1) is 0 Å². The molecule has 0 unspecified atom stereocenters. The van der Waals surface area contributed by atoms with Crippen LogP contribution in [0.25, 0.3) is 22.3 Å². The Bertz CT molecular complexity index is 1040. The number of anilines is 2. The number of fused-ring (bicyclic) bond motifs is 1. The van der Waals surface area contributed by atoms with E-state index in [4.69, 9.17) is 4.42 Å². The summed E-state index contributed by atoms with van der Waals surface area (Å²) >= 11 is 0. The lowest BCUT2D eigenvalue weighted by Gasteiger charge is -2.13. The molecule has 0 bridgehead atoms. The smallest absolute Gasteiger partial charge is 0.235 e. The minimum atomic E-state index is -0.505. The second-order valence-electron chi connectivity index (χ2n) is 6.56. The Morgan fingerprint density at radius 3 is 2.48 bits per heavy atom. The Morgan fingerprint density at radius 2 is 1.85 bits per heavy atom. The van der Waals surface area contributed by atoms with Crippen molar-refractivity contribution in [3.63, 3.8) is 0 Å². The first-order valence-electron chi connectivity index (χ1n) is 8.78. The van der Waals surface area contributed by atoms with Gasteiger partial charge in [0.25, 0.3) is 0 Å². The van der Waals surface area contributed by atoms with Crippen molar-refractivity contribution < 1.29 is 14.3 Å². The number of aromatic hydroxyl groups is 1. The Balaban J connectivity index is 2.06. The van der Waals surface area contributed by atoms with E-state index in [0.717, 1.165) is 12.1 Å². The van der Waals surface area contributed by atoms with Crippen LogP contribution in [0, 0.1) is 0 Å². The highest BCUT2D eigenvalue weighted by molar-refractivity contribution is 5.93. The molecule has 3 rings (SSSR count). The summed E-state index contributed by atoms with van der Waals surface area (Å²) in [6.45, 7) is 1.93. The van der Waals surface area contributed by atoms with E-state index < -0.39 is 11.2 Å². The van der Waals surface area contributed by atoms with Crippen LogP contribution in [0.2, 0.25) is 0 Å². The van der Waals surface area contributed by atoms with E-state index in [-0.39, 0.29) is 17.1 Å². The molecule has 27 heavy (non-hydrogen) atoms. The Morgan fingerprint density at radius 1 is 1.15 bits per heavy atom. The highest BCUT2D eigenvalue weighted by Gasteiger charge is 2.16. The number of carbonyl (C=O) groups is 1. The molecule has 2 aromatic carbocycles. The summed E-state index contributed by atoms with van der Waals surface area (Å²) in [7, 11) is 3.86. The van der Waals surface area contributed by atoms with E-state index >= 15 is 0 Å². The van der Waals surface area contributed by atoms with Crippen molar-refractivity contribution in [3.05, 3.63) is 52.7 Å². The van der Waals surface area contributed by atoms with E-state index in [1.165, 1.54) is 0 Å². The molecule has 3 aromatic rings. The van der Waals surface area contributed by atoms with Gasteiger partial charge in [0.15, 0.2) is 5.76 Å². The molecule has 0 aliphatic rings. The van der Waals surface area contributed by atoms with Crippen molar-refractivity contribution in [2.75, 3.05) is 24.3 Å². The van der Waals surface area contributed by atoms with Gasteiger partial charge in [-0.05, 0) is 42.8 Å². The van der Waals surface area contributed by atoms with Gasteiger partial charge in [-0.2, -0.15) is 0 Å². The standard InChI is InChI=1S/C21H22N2O4/c1-4-5-18(24)22-14-8-11-16-17(12-14)27-21(20(26)19(16)25)13-6-9-15(10-7-13)23(2)3/h6-12,26H,4-5H2,1-3H3,(H,22,24). The van der Waals surface area contributed by atoms with Crippen LogP contribution in [0.3, 0.4) is 0 Å². The van der Waals surface area contributed by atoms with Gasteiger partial charge in [0.1, 0.15) is 5.58 Å². The van der Waals surface area contributed by atoms with Crippen LogP contribution in [0.15, 0.2) is 51.7 Å². The van der Waals surface area contributed by atoms with Crippen molar-refractivity contribution in [1.82, 2.24) is 0 Å². The second kappa shape index (κ2) is 7.53. The summed E-state index contributed by atoms with van der Waals surface area (Å²) < 4.78 is 5.83. The number of hydrogen-bond acceptors (Lipinski definition) is 5. The molecular weight excluding hydrogens is 344 g/mol. The fourth-order valence-corrected chi connectivity index (χ4v) is 2.82. The Hall–Kier alpha value is -3.28. The molecule has 0 aliphatic heterocycles. The second-order valence-corrected chi connectivity index (χ2v) is 6.56. The maximum Gasteiger partial charge on any atom is 0.235 e. The van der Waals surface area contributed by atoms with Crippen LogP contribution < -0.4 is 15.6 Å². The number of benzene rings is 2. The molecule has 0 spiro atoms. The van der Waals surface area contributed by atoms with Gasteiger partial charge < -0.3 is 19.7 Å². The number of nitrogens with one attached hydrogen (secondary N) is 1. The van der Waals surface area contributed by atoms with Crippen molar-refractivity contribution in [2.45, 2.75) is 19.8 Å². The molecule has 140 valence electrons. The monoisotopic (exact) mass is 366 g/mol. The highest BCUT2D eigenvalue weighted by Crippen LogP contribution is 2.31. The van der Waals surface area contributed by atoms with Crippen LogP contribution in [0.1, 0.15) is 19.8 Å². The summed E-state index contributed by atoms with van der Waals surface area (Å²) in [5.74, 6) is -0.421. The molecule has 1 heterocycles. The summed E-state index contributed by atoms with van der Waals surface area (Å²) in [6, 6.07) is 12.1.